The Balaban J connectivity index is 0.000000161. The lowest BCUT2D eigenvalue weighted by Crippen LogP contribution is -2.24. The van der Waals surface area contributed by atoms with Gasteiger partial charge < -0.3 is 0 Å². The lowest BCUT2D eigenvalue weighted by Gasteiger charge is -2.34. The van der Waals surface area contributed by atoms with Crippen LogP contribution in [0, 0.1) is 0 Å². The van der Waals surface area contributed by atoms with Gasteiger partial charge in [0.2, 0.25) is 0 Å². The zero-order valence-electron chi connectivity index (χ0n) is 17.7. The van der Waals surface area contributed by atoms with E-state index in [1.165, 1.54) is 51.6 Å². The fraction of sp³-hybridized carbons (Fsp3) is 0.207. The van der Waals surface area contributed by atoms with Crippen molar-refractivity contribution in [3.8, 4) is 0 Å². The number of rotatable bonds is 0. The topological polar surface area (TPSA) is 12.9 Å². The smallest absolute Gasteiger partial charge is 0.0346 e. The highest BCUT2D eigenvalue weighted by atomic mass is 14.6. The fourth-order valence-electron chi connectivity index (χ4n) is 5.01. The largest absolute Gasteiger partial charge is 0.264 e. The van der Waals surface area contributed by atoms with Gasteiger partial charge in [-0.1, -0.05) is 86.6 Å². The first-order valence-electron chi connectivity index (χ1n) is 10.9. The maximum absolute atomic E-state index is 4.01. The number of fused-ring (bicyclic) bond motifs is 6. The first-order chi connectivity index (χ1) is 14.6. The van der Waals surface area contributed by atoms with Crippen molar-refractivity contribution in [2.45, 2.75) is 38.5 Å². The lowest BCUT2D eigenvalue weighted by atomic mass is 9.71. The monoisotopic (exact) mass is 389 g/mol. The molecule has 1 aromatic heterocycles. The Morgan fingerprint density at radius 1 is 0.667 bits per heavy atom. The van der Waals surface area contributed by atoms with Crippen LogP contribution in [0.1, 0.15) is 37.8 Å². The predicted molar refractivity (Wildman–Crippen MR) is 129 cm³/mol. The molecule has 0 radical (unpaired) electrons. The average molecular weight is 390 g/mol. The van der Waals surface area contributed by atoms with Gasteiger partial charge in [-0.05, 0) is 74.2 Å². The van der Waals surface area contributed by atoms with E-state index < -0.39 is 0 Å². The summed E-state index contributed by atoms with van der Waals surface area (Å²) in [4.78, 5) is 4.01. The van der Waals surface area contributed by atoms with E-state index in [1.807, 2.05) is 30.6 Å². The number of pyridine rings is 1. The van der Waals surface area contributed by atoms with Gasteiger partial charge in [-0.15, -0.1) is 0 Å². The van der Waals surface area contributed by atoms with Crippen molar-refractivity contribution < 1.29 is 0 Å². The molecule has 0 saturated heterocycles. The summed E-state index contributed by atoms with van der Waals surface area (Å²) in [6.07, 6.45) is 7.53. The molecule has 0 bridgehead atoms. The van der Waals surface area contributed by atoms with Crippen LogP contribution in [0.4, 0.5) is 0 Å². The molecule has 1 aliphatic rings. The van der Waals surface area contributed by atoms with Crippen LogP contribution < -0.4 is 0 Å². The lowest BCUT2D eigenvalue weighted by molar-refractivity contribution is 0.436. The van der Waals surface area contributed by atoms with Gasteiger partial charge in [0.15, 0.2) is 0 Å². The van der Waals surface area contributed by atoms with E-state index in [2.05, 4.69) is 79.5 Å². The second kappa shape index (κ2) is 7.57. The van der Waals surface area contributed by atoms with Crippen LogP contribution in [0.5, 0.6) is 0 Å². The predicted octanol–water partition coefficient (Wildman–Crippen LogP) is 7.84. The molecule has 1 nitrogen and oxygen atoms in total. The number of aryl methyl sites for hydroxylation is 1. The highest BCUT2D eigenvalue weighted by Gasteiger charge is 2.29. The second-order valence-electron chi connectivity index (χ2n) is 8.94. The van der Waals surface area contributed by atoms with E-state index in [0.29, 0.717) is 5.41 Å². The molecule has 0 saturated carbocycles. The first kappa shape index (κ1) is 18.8. The summed E-state index contributed by atoms with van der Waals surface area (Å²) in [6.45, 7) is 4.80. The first-order valence-corrected chi connectivity index (χ1v) is 10.9. The SMILES string of the molecule is CC1(C)CCCc2ccc3c(ccc4ccccc43)c21.c1ccc2cnccc2c1. The number of hydrogen-bond donors (Lipinski definition) is 0. The Kier molecular flexibility index (Phi) is 4.75. The maximum atomic E-state index is 4.01. The number of hydrogen-bond acceptors (Lipinski definition) is 1. The van der Waals surface area contributed by atoms with Gasteiger partial charge in [-0.2, -0.15) is 0 Å². The third-order valence-electron chi connectivity index (χ3n) is 6.49. The molecule has 6 rings (SSSR count). The highest BCUT2D eigenvalue weighted by molar-refractivity contribution is 6.09. The van der Waals surface area contributed by atoms with Crippen molar-refractivity contribution >= 4 is 32.3 Å². The van der Waals surface area contributed by atoms with E-state index in [1.54, 1.807) is 11.1 Å². The molecule has 148 valence electrons. The Labute approximate surface area is 178 Å². The van der Waals surface area contributed by atoms with Crippen LogP contribution in [-0.2, 0) is 11.8 Å². The Morgan fingerprint density at radius 3 is 2.23 bits per heavy atom. The van der Waals surface area contributed by atoms with Gasteiger partial charge in [0.1, 0.15) is 0 Å². The van der Waals surface area contributed by atoms with Crippen LogP contribution in [0.15, 0.2) is 91.3 Å². The van der Waals surface area contributed by atoms with Crippen molar-refractivity contribution in [2.24, 2.45) is 0 Å². The molecule has 1 heteroatoms. The summed E-state index contributed by atoms with van der Waals surface area (Å²) in [5.41, 5.74) is 3.45. The van der Waals surface area contributed by atoms with Gasteiger partial charge in [-0.25, -0.2) is 0 Å². The molecule has 0 N–H and O–H groups in total. The molecule has 4 aromatic carbocycles. The van der Waals surface area contributed by atoms with E-state index in [4.69, 9.17) is 0 Å². The van der Waals surface area contributed by atoms with Gasteiger partial charge in [0.25, 0.3) is 0 Å². The zero-order chi connectivity index (χ0) is 20.6. The Morgan fingerprint density at radius 2 is 1.40 bits per heavy atom. The number of benzene rings is 4. The van der Waals surface area contributed by atoms with E-state index in [-0.39, 0.29) is 0 Å². The van der Waals surface area contributed by atoms with Crippen LogP contribution in [0.2, 0.25) is 0 Å². The molecule has 0 aliphatic heterocycles. The minimum Gasteiger partial charge on any atom is -0.264 e. The molecule has 0 amide bonds. The quantitative estimate of drug-likeness (QED) is 0.246. The average Bonchev–Trinajstić information content (AvgIpc) is 2.79. The van der Waals surface area contributed by atoms with Gasteiger partial charge in [0.05, 0.1) is 0 Å². The van der Waals surface area contributed by atoms with Crippen LogP contribution in [0.3, 0.4) is 0 Å². The number of aromatic nitrogens is 1. The summed E-state index contributed by atoms with van der Waals surface area (Å²) >= 11 is 0. The van der Waals surface area contributed by atoms with E-state index in [0.717, 1.165) is 0 Å². The zero-order valence-corrected chi connectivity index (χ0v) is 17.7. The van der Waals surface area contributed by atoms with Gasteiger partial charge in [0, 0.05) is 12.4 Å². The van der Waals surface area contributed by atoms with Crippen molar-refractivity contribution in [3.63, 3.8) is 0 Å². The summed E-state index contributed by atoms with van der Waals surface area (Å²) in [5, 5.41) is 8.05. The maximum Gasteiger partial charge on any atom is 0.0346 e. The van der Waals surface area contributed by atoms with Crippen molar-refractivity contribution in [3.05, 3.63) is 102 Å². The molecule has 1 aliphatic carbocycles. The van der Waals surface area contributed by atoms with Crippen LogP contribution in [0.25, 0.3) is 32.3 Å². The molecule has 5 aromatic rings. The van der Waals surface area contributed by atoms with Crippen LogP contribution >= 0.6 is 0 Å². The standard InChI is InChI=1S/C20H20.C9H7N/c1-20(2)13-5-7-15-10-11-17-16-8-4-3-6-14(16)9-12-18(17)19(15)20;1-2-4-9-7-10-6-5-8(9)3-1/h3-4,6,8-12H,5,7,13H2,1-2H3;1-7H. The Hall–Kier alpha value is -3.19. The number of nitrogens with zero attached hydrogens (tertiary/aromatic N) is 1. The third-order valence-corrected chi connectivity index (χ3v) is 6.49. The molecule has 0 fully saturated rings. The minimum atomic E-state index is 0.301. The molecule has 0 unspecified atom stereocenters. The molecular formula is C29H27N. The van der Waals surface area contributed by atoms with E-state index >= 15 is 0 Å². The van der Waals surface area contributed by atoms with Gasteiger partial charge >= 0.3 is 0 Å². The second-order valence-corrected chi connectivity index (χ2v) is 8.94. The molecule has 30 heavy (non-hydrogen) atoms. The third kappa shape index (κ3) is 3.35. The fourth-order valence-corrected chi connectivity index (χ4v) is 5.01. The van der Waals surface area contributed by atoms with Gasteiger partial charge in [-0.3, -0.25) is 4.98 Å². The molecule has 1 heterocycles. The van der Waals surface area contributed by atoms with Crippen LogP contribution in [-0.4, -0.2) is 4.98 Å². The van der Waals surface area contributed by atoms with Crippen molar-refractivity contribution in [1.82, 2.24) is 4.98 Å². The van der Waals surface area contributed by atoms with E-state index in [9.17, 15) is 0 Å². The summed E-state index contributed by atoms with van der Waals surface area (Å²) in [5.74, 6) is 0. The minimum absolute atomic E-state index is 0.301. The highest BCUT2D eigenvalue weighted by Crippen LogP contribution is 2.42. The Bertz CT molecular complexity index is 1280. The van der Waals surface area contributed by atoms with Crippen molar-refractivity contribution in [2.75, 3.05) is 0 Å². The summed E-state index contributed by atoms with van der Waals surface area (Å²) in [6, 6.07) is 28.2. The summed E-state index contributed by atoms with van der Waals surface area (Å²) in [7, 11) is 0. The van der Waals surface area contributed by atoms with Crippen molar-refractivity contribution in [1.29, 1.82) is 0 Å². The normalized spacial score (nSPS) is 14.9. The summed E-state index contributed by atoms with van der Waals surface area (Å²) < 4.78 is 0. The molecular weight excluding hydrogens is 362 g/mol. The molecule has 0 atom stereocenters. The molecule has 0 spiro atoms.